The summed E-state index contributed by atoms with van der Waals surface area (Å²) in [4.78, 5) is 23.2. The largest absolute Gasteiger partial charge is 0.480 e. The number of rotatable bonds is 10. The molecule has 0 aliphatic heterocycles. The third-order valence-electron chi connectivity index (χ3n) is 4.67. The second kappa shape index (κ2) is 10.0. The number of aryl methyl sites for hydroxylation is 1. The molecule has 5 heteroatoms. The molecule has 2 aromatic rings. The molecule has 5 nitrogen and oxygen atoms in total. The molecule has 2 unspecified atom stereocenters. The minimum atomic E-state index is -1.04. The second-order valence-electron chi connectivity index (χ2n) is 7.76. The smallest absolute Gasteiger partial charge is 0.321 e. The van der Waals surface area contributed by atoms with Crippen LogP contribution >= 0.6 is 0 Å². The van der Waals surface area contributed by atoms with E-state index in [1.165, 1.54) is 11.1 Å². The summed E-state index contributed by atoms with van der Waals surface area (Å²) in [5, 5.41) is 21.8. The van der Waals surface area contributed by atoms with Gasteiger partial charge in [0.05, 0.1) is 0 Å². The van der Waals surface area contributed by atoms with Crippen LogP contribution in [0.25, 0.3) is 0 Å². The van der Waals surface area contributed by atoms with Crippen LogP contribution in [0.4, 0.5) is 0 Å². The molecule has 2 rings (SSSR count). The number of carboxylic acid groups (broad SMARTS) is 2. The minimum Gasteiger partial charge on any atom is -0.480 e. The van der Waals surface area contributed by atoms with Crippen LogP contribution in [0.3, 0.4) is 0 Å². The van der Waals surface area contributed by atoms with Crippen LogP contribution < -0.4 is 5.32 Å². The Morgan fingerprint density at radius 1 is 0.893 bits per heavy atom. The Morgan fingerprint density at radius 3 is 2.07 bits per heavy atom. The predicted octanol–water partition coefficient (Wildman–Crippen LogP) is 3.67. The summed E-state index contributed by atoms with van der Waals surface area (Å²) in [6.45, 7) is 5.89. The van der Waals surface area contributed by atoms with Gasteiger partial charge in [0.2, 0.25) is 0 Å². The second-order valence-corrected chi connectivity index (χ2v) is 7.76. The number of hydrogen-bond donors (Lipinski definition) is 3. The van der Waals surface area contributed by atoms with E-state index in [0.29, 0.717) is 6.42 Å². The van der Waals surface area contributed by atoms with Gasteiger partial charge in [0.25, 0.3) is 0 Å². The molecule has 0 aliphatic rings. The normalized spacial score (nSPS) is 13.3. The lowest BCUT2D eigenvalue weighted by Gasteiger charge is -2.22. The first kappa shape index (κ1) is 21.6. The zero-order valence-electron chi connectivity index (χ0n) is 16.7. The lowest BCUT2D eigenvalue weighted by atomic mass is 9.97. The topological polar surface area (TPSA) is 86.6 Å². The van der Waals surface area contributed by atoms with Crippen molar-refractivity contribution in [1.82, 2.24) is 5.32 Å². The van der Waals surface area contributed by atoms with Gasteiger partial charge in [0.1, 0.15) is 12.1 Å². The van der Waals surface area contributed by atoms with Crippen molar-refractivity contribution >= 4 is 11.9 Å². The van der Waals surface area contributed by atoms with E-state index in [2.05, 4.69) is 29.6 Å². The number of carboxylic acids is 2. The molecule has 3 N–H and O–H groups in total. The molecule has 0 heterocycles. The van der Waals surface area contributed by atoms with Gasteiger partial charge in [0.15, 0.2) is 0 Å². The quantitative estimate of drug-likeness (QED) is 0.583. The molecule has 28 heavy (non-hydrogen) atoms. The van der Waals surface area contributed by atoms with Crippen molar-refractivity contribution in [2.24, 2.45) is 5.92 Å². The lowest BCUT2D eigenvalue weighted by Crippen LogP contribution is -2.48. The number of carbonyl (C=O) groups is 2. The summed E-state index contributed by atoms with van der Waals surface area (Å²) >= 11 is 0. The average molecular weight is 383 g/mol. The van der Waals surface area contributed by atoms with Crippen molar-refractivity contribution in [3.63, 3.8) is 0 Å². The molecule has 2 atom stereocenters. The van der Waals surface area contributed by atoms with E-state index < -0.39 is 24.0 Å². The van der Waals surface area contributed by atoms with Crippen LogP contribution in [-0.2, 0) is 22.4 Å². The number of nitrogens with one attached hydrogen (secondary N) is 1. The van der Waals surface area contributed by atoms with E-state index >= 15 is 0 Å². The van der Waals surface area contributed by atoms with Crippen molar-refractivity contribution in [3.8, 4) is 0 Å². The molecule has 0 aromatic heterocycles. The van der Waals surface area contributed by atoms with Crippen LogP contribution in [0.5, 0.6) is 0 Å². The number of aliphatic carboxylic acids is 2. The highest BCUT2D eigenvalue weighted by Crippen LogP contribution is 2.15. The minimum absolute atomic E-state index is 0.154. The van der Waals surface area contributed by atoms with Gasteiger partial charge in [-0.3, -0.25) is 14.9 Å². The molecule has 0 fully saturated rings. The van der Waals surface area contributed by atoms with Gasteiger partial charge in [-0.15, -0.1) is 0 Å². The Balaban J connectivity index is 2.11. The fraction of sp³-hybridized carbons (Fsp3) is 0.391. The summed E-state index contributed by atoms with van der Waals surface area (Å²) in [5.41, 5.74) is 4.38. The number of benzene rings is 2. The molecule has 0 amide bonds. The molecule has 150 valence electrons. The van der Waals surface area contributed by atoms with Gasteiger partial charge < -0.3 is 10.2 Å². The third-order valence-corrected chi connectivity index (χ3v) is 4.67. The van der Waals surface area contributed by atoms with Crippen LogP contribution in [0.2, 0.25) is 0 Å². The first-order valence-electron chi connectivity index (χ1n) is 9.59. The van der Waals surface area contributed by atoms with E-state index in [1.807, 2.05) is 45.0 Å². The van der Waals surface area contributed by atoms with Gasteiger partial charge in [-0.1, -0.05) is 67.9 Å². The molecular formula is C23H29NO4. The van der Waals surface area contributed by atoms with Crippen molar-refractivity contribution in [2.75, 3.05) is 0 Å². The maximum atomic E-state index is 11.7. The summed E-state index contributed by atoms with van der Waals surface area (Å²) in [6, 6.07) is 14.3. The Bertz CT molecular complexity index is 799. The van der Waals surface area contributed by atoms with E-state index in [9.17, 15) is 19.8 Å². The van der Waals surface area contributed by atoms with Crippen molar-refractivity contribution in [1.29, 1.82) is 0 Å². The zero-order chi connectivity index (χ0) is 20.7. The van der Waals surface area contributed by atoms with Gasteiger partial charge in [-0.05, 0) is 48.8 Å². The van der Waals surface area contributed by atoms with Crippen molar-refractivity contribution in [3.05, 3.63) is 70.8 Å². The highest BCUT2D eigenvalue weighted by molar-refractivity contribution is 5.77. The van der Waals surface area contributed by atoms with Gasteiger partial charge >= 0.3 is 11.9 Å². The Labute approximate surface area is 166 Å². The Morgan fingerprint density at radius 2 is 1.50 bits per heavy atom. The standard InChI is InChI=1S/C23H29NO4/c1-15(2)11-20(22(25)26)24-21(23(27)28)14-19-6-4-5-18(13-19)12-17-9-7-16(3)8-10-17/h4-10,13,15,20-21,24H,11-12,14H2,1-3H3,(H,25,26)(H,27,28). The van der Waals surface area contributed by atoms with Crippen LogP contribution in [-0.4, -0.2) is 34.2 Å². The highest BCUT2D eigenvalue weighted by atomic mass is 16.4. The zero-order valence-corrected chi connectivity index (χ0v) is 16.7. The van der Waals surface area contributed by atoms with Crippen molar-refractivity contribution < 1.29 is 19.8 Å². The Hall–Kier alpha value is -2.66. The molecule has 0 radical (unpaired) electrons. The highest BCUT2D eigenvalue weighted by Gasteiger charge is 2.26. The first-order chi connectivity index (χ1) is 13.2. The van der Waals surface area contributed by atoms with Gasteiger partial charge in [-0.2, -0.15) is 0 Å². The fourth-order valence-electron chi connectivity index (χ4n) is 3.22. The SMILES string of the molecule is Cc1ccc(Cc2cccc(CC(NC(CC(C)C)C(=O)O)C(=O)O)c2)cc1. The summed E-state index contributed by atoms with van der Waals surface area (Å²) in [7, 11) is 0. The van der Waals surface area contributed by atoms with Crippen LogP contribution in [0.15, 0.2) is 48.5 Å². The van der Waals surface area contributed by atoms with E-state index in [1.54, 1.807) is 0 Å². The molecular weight excluding hydrogens is 354 g/mol. The van der Waals surface area contributed by atoms with Crippen molar-refractivity contribution in [2.45, 2.75) is 52.1 Å². The number of hydrogen-bond acceptors (Lipinski definition) is 3. The van der Waals surface area contributed by atoms with E-state index in [-0.39, 0.29) is 12.3 Å². The molecule has 0 aliphatic carbocycles. The first-order valence-corrected chi connectivity index (χ1v) is 9.59. The molecule has 0 bridgehead atoms. The summed E-state index contributed by atoms with van der Waals surface area (Å²) < 4.78 is 0. The molecule has 0 spiro atoms. The maximum Gasteiger partial charge on any atom is 0.321 e. The van der Waals surface area contributed by atoms with E-state index in [4.69, 9.17) is 0 Å². The molecule has 0 saturated heterocycles. The average Bonchev–Trinajstić information content (AvgIpc) is 2.62. The molecule has 0 saturated carbocycles. The fourth-order valence-corrected chi connectivity index (χ4v) is 3.22. The van der Waals surface area contributed by atoms with Crippen LogP contribution in [0.1, 0.15) is 42.5 Å². The third kappa shape index (κ3) is 6.82. The predicted molar refractivity (Wildman–Crippen MR) is 110 cm³/mol. The maximum absolute atomic E-state index is 11.7. The molecule has 2 aromatic carbocycles. The lowest BCUT2D eigenvalue weighted by molar-refractivity contribution is -0.142. The van der Waals surface area contributed by atoms with Gasteiger partial charge in [0, 0.05) is 0 Å². The monoisotopic (exact) mass is 383 g/mol. The van der Waals surface area contributed by atoms with E-state index in [0.717, 1.165) is 17.5 Å². The Kier molecular flexibility index (Phi) is 7.76. The summed E-state index contributed by atoms with van der Waals surface area (Å²) in [6.07, 6.45) is 1.38. The summed E-state index contributed by atoms with van der Waals surface area (Å²) in [5.74, 6) is -1.91. The van der Waals surface area contributed by atoms with Gasteiger partial charge in [-0.25, -0.2) is 0 Å². The van der Waals surface area contributed by atoms with Crippen LogP contribution in [0, 0.1) is 12.8 Å².